The number of nitrogens with one attached hydrogen (secondary N) is 1. The number of amides is 1. The number of hydrogen-bond donors (Lipinski definition) is 1. The number of benzene rings is 1. The Balaban J connectivity index is 1.46. The molecule has 0 radical (unpaired) electrons. The van der Waals surface area contributed by atoms with Crippen molar-refractivity contribution in [2.45, 2.75) is 38.8 Å². The highest BCUT2D eigenvalue weighted by molar-refractivity contribution is 6.30. The smallest absolute Gasteiger partial charge is 0.346 e. The van der Waals surface area contributed by atoms with E-state index in [2.05, 4.69) is 10.4 Å². The van der Waals surface area contributed by atoms with Gasteiger partial charge in [-0.15, -0.1) is 0 Å². The average molecular weight is 365 g/mol. The maximum Gasteiger partial charge on any atom is 0.346 e. The molecule has 0 unspecified atom stereocenters. The van der Waals surface area contributed by atoms with E-state index in [0.29, 0.717) is 30.5 Å². The van der Waals surface area contributed by atoms with Crippen LogP contribution in [-0.2, 0) is 24.3 Å². The van der Waals surface area contributed by atoms with E-state index in [1.54, 1.807) is 28.8 Å². The van der Waals surface area contributed by atoms with Crippen LogP contribution in [-0.4, -0.2) is 33.4 Å². The Kier molecular flexibility index (Phi) is 5.75. The second-order valence-electron chi connectivity index (χ2n) is 5.97. The Morgan fingerprint density at radius 1 is 1.24 bits per heavy atom. The summed E-state index contributed by atoms with van der Waals surface area (Å²) in [5.74, 6) is 1.21. The Labute approximate surface area is 150 Å². The fraction of sp³-hybridized carbons (Fsp3) is 0.471. The lowest BCUT2D eigenvalue weighted by Crippen LogP contribution is -2.35. The van der Waals surface area contributed by atoms with E-state index in [1.165, 1.54) is 4.68 Å². The van der Waals surface area contributed by atoms with Gasteiger partial charge < -0.3 is 10.1 Å². The fourth-order valence-electron chi connectivity index (χ4n) is 2.81. The third-order valence-corrected chi connectivity index (χ3v) is 4.33. The van der Waals surface area contributed by atoms with Gasteiger partial charge in [0.2, 0.25) is 5.91 Å². The van der Waals surface area contributed by atoms with E-state index in [4.69, 9.17) is 16.3 Å². The Bertz CT molecular complexity index is 782. The van der Waals surface area contributed by atoms with Gasteiger partial charge in [-0.05, 0) is 37.1 Å². The zero-order valence-corrected chi connectivity index (χ0v) is 14.7. The summed E-state index contributed by atoms with van der Waals surface area (Å²) in [6.07, 6.45) is 3.91. The topological polar surface area (TPSA) is 78.2 Å². The number of aromatic nitrogens is 3. The van der Waals surface area contributed by atoms with Gasteiger partial charge >= 0.3 is 5.69 Å². The summed E-state index contributed by atoms with van der Waals surface area (Å²) in [5, 5.41) is 7.67. The van der Waals surface area contributed by atoms with E-state index in [0.717, 1.165) is 31.5 Å². The number of nitrogens with zero attached hydrogens (tertiary/aromatic N) is 3. The summed E-state index contributed by atoms with van der Waals surface area (Å²) < 4.78 is 8.43. The van der Waals surface area contributed by atoms with E-state index in [-0.39, 0.29) is 18.1 Å². The van der Waals surface area contributed by atoms with Crippen molar-refractivity contribution in [3.05, 3.63) is 45.6 Å². The maximum absolute atomic E-state index is 12.3. The van der Waals surface area contributed by atoms with Crippen LogP contribution in [0.1, 0.15) is 25.1 Å². The van der Waals surface area contributed by atoms with Gasteiger partial charge in [0, 0.05) is 18.0 Å². The van der Waals surface area contributed by atoms with Crippen LogP contribution >= 0.6 is 11.6 Å². The number of ether oxygens (including phenoxy) is 1. The first-order valence-electron chi connectivity index (χ1n) is 8.45. The molecule has 1 amide bonds. The lowest BCUT2D eigenvalue weighted by Gasteiger charge is -2.07. The summed E-state index contributed by atoms with van der Waals surface area (Å²) in [6, 6.07) is 7.01. The first-order chi connectivity index (χ1) is 12.1. The fourth-order valence-corrected chi connectivity index (χ4v) is 2.94. The third kappa shape index (κ3) is 4.63. The number of aryl methyl sites for hydroxylation is 1. The lowest BCUT2D eigenvalue weighted by atomic mass is 10.2. The first kappa shape index (κ1) is 17.5. The molecule has 1 aliphatic rings. The van der Waals surface area contributed by atoms with Crippen molar-refractivity contribution >= 4 is 17.5 Å². The molecule has 2 aromatic rings. The van der Waals surface area contributed by atoms with Crippen molar-refractivity contribution < 1.29 is 9.53 Å². The van der Waals surface area contributed by atoms with Crippen LogP contribution in [0.3, 0.4) is 0 Å². The van der Waals surface area contributed by atoms with Crippen LogP contribution < -0.4 is 15.7 Å². The normalized spacial score (nSPS) is 13.8. The molecule has 1 aromatic carbocycles. The molecule has 7 nitrogen and oxygen atoms in total. The molecule has 0 spiro atoms. The molecule has 3 rings (SSSR count). The molecule has 0 saturated heterocycles. The van der Waals surface area contributed by atoms with Crippen molar-refractivity contribution in [1.82, 2.24) is 19.7 Å². The summed E-state index contributed by atoms with van der Waals surface area (Å²) in [4.78, 5) is 24.3. The molecule has 0 bridgehead atoms. The van der Waals surface area contributed by atoms with Crippen molar-refractivity contribution in [2.24, 2.45) is 0 Å². The number of halogens is 1. The van der Waals surface area contributed by atoms with Gasteiger partial charge in [0.05, 0.1) is 6.54 Å². The minimum Gasteiger partial charge on any atom is -0.492 e. The van der Waals surface area contributed by atoms with Gasteiger partial charge in [0.1, 0.15) is 24.7 Å². The van der Waals surface area contributed by atoms with Gasteiger partial charge in [0.25, 0.3) is 0 Å². The van der Waals surface area contributed by atoms with Crippen molar-refractivity contribution in [3.8, 4) is 5.75 Å². The SMILES string of the molecule is O=C(Cn1nc2n(c1=O)CCCCC2)NCCOc1ccc(Cl)cc1. The highest BCUT2D eigenvalue weighted by Gasteiger charge is 2.17. The third-order valence-electron chi connectivity index (χ3n) is 4.08. The molecule has 8 heteroatoms. The van der Waals surface area contributed by atoms with Crippen LogP contribution in [0.4, 0.5) is 0 Å². The van der Waals surface area contributed by atoms with E-state index in [1.807, 2.05) is 0 Å². The number of carbonyl (C=O) groups excluding carboxylic acids is 1. The minimum absolute atomic E-state index is 0.0697. The molecule has 0 saturated carbocycles. The number of rotatable bonds is 6. The molecule has 2 heterocycles. The largest absolute Gasteiger partial charge is 0.492 e. The molecule has 134 valence electrons. The lowest BCUT2D eigenvalue weighted by molar-refractivity contribution is -0.122. The van der Waals surface area contributed by atoms with Crippen molar-refractivity contribution in [3.63, 3.8) is 0 Å². The standard InChI is InChI=1S/C17H21ClN4O3/c18-13-5-7-14(8-6-13)25-11-9-19-16(23)12-22-17(24)21-10-3-1-2-4-15(21)20-22/h5-8H,1-4,9-12H2,(H,19,23). The molecule has 25 heavy (non-hydrogen) atoms. The predicted octanol–water partition coefficient (Wildman–Crippen LogP) is 1.62. The second kappa shape index (κ2) is 8.20. The molecular formula is C17H21ClN4O3. The number of fused-ring (bicyclic) bond motifs is 1. The monoisotopic (exact) mass is 364 g/mol. The zero-order chi connectivity index (χ0) is 17.6. The van der Waals surface area contributed by atoms with Gasteiger partial charge in [0.15, 0.2) is 0 Å². The Hall–Kier alpha value is -2.28. The van der Waals surface area contributed by atoms with Gasteiger partial charge in [-0.25, -0.2) is 9.48 Å². The van der Waals surface area contributed by atoms with E-state index >= 15 is 0 Å². The quantitative estimate of drug-likeness (QED) is 0.790. The summed E-state index contributed by atoms with van der Waals surface area (Å²) >= 11 is 5.80. The summed E-state index contributed by atoms with van der Waals surface area (Å²) in [7, 11) is 0. The predicted molar refractivity (Wildman–Crippen MR) is 94.0 cm³/mol. The molecular weight excluding hydrogens is 344 g/mol. The molecule has 0 fully saturated rings. The zero-order valence-electron chi connectivity index (χ0n) is 13.9. The van der Waals surface area contributed by atoms with Crippen LogP contribution in [0.2, 0.25) is 5.02 Å². The number of carbonyl (C=O) groups is 1. The summed E-state index contributed by atoms with van der Waals surface area (Å²) in [5.41, 5.74) is -0.204. The highest BCUT2D eigenvalue weighted by Crippen LogP contribution is 2.15. The van der Waals surface area contributed by atoms with Crippen LogP contribution in [0.25, 0.3) is 0 Å². The minimum atomic E-state index is -0.255. The first-order valence-corrected chi connectivity index (χ1v) is 8.83. The Morgan fingerprint density at radius 3 is 2.84 bits per heavy atom. The Morgan fingerprint density at radius 2 is 2.04 bits per heavy atom. The van der Waals surface area contributed by atoms with E-state index in [9.17, 15) is 9.59 Å². The van der Waals surface area contributed by atoms with Gasteiger partial charge in [-0.1, -0.05) is 18.0 Å². The molecule has 1 aromatic heterocycles. The molecule has 1 aliphatic heterocycles. The van der Waals surface area contributed by atoms with Crippen molar-refractivity contribution in [2.75, 3.05) is 13.2 Å². The maximum atomic E-state index is 12.3. The van der Waals surface area contributed by atoms with Crippen molar-refractivity contribution in [1.29, 1.82) is 0 Å². The van der Waals surface area contributed by atoms with Crippen LogP contribution in [0.15, 0.2) is 29.1 Å². The second-order valence-corrected chi connectivity index (χ2v) is 6.41. The molecule has 0 atom stereocenters. The van der Waals surface area contributed by atoms with Crippen LogP contribution in [0, 0.1) is 0 Å². The number of hydrogen-bond acceptors (Lipinski definition) is 4. The summed E-state index contributed by atoms with van der Waals surface area (Å²) in [6.45, 7) is 1.30. The van der Waals surface area contributed by atoms with Gasteiger partial charge in [-0.3, -0.25) is 9.36 Å². The van der Waals surface area contributed by atoms with Gasteiger partial charge in [-0.2, -0.15) is 5.10 Å². The van der Waals surface area contributed by atoms with Crippen LogP contribution in [0.5, 0.6) is 5.75 Å². The molecule has 1 N–H and O–H groups in total. The average Bonchev–Trinajstić information content (AvgIpc) is 2.77. The van der Waals surface area contributed by atoms with E-state index < -0.39 is 0 Å². The highest BCUT2D eigenvalue weighted by atomic mass is 35.5. The molecule has 0 aliphatic carbocycles.